The summed E-state index contributed by atoms with van der Waals surface area (Å²) in [5.74, 6) is 0.790. The van der Waals surface area contributed by atoms with Crippen molar-refractivity contribution < 1.29 is 4.79 Å². The summed E-state index contributed by atoms with van der Waals surface area (Å²) in [7, 11) is 1.81. The lowest BCUT2D eigenvalue weighted by atomic mass is 10.00. The SMILES string of the molecule is Cn1cc(CC(=O)CC2CCNC2)nn1. The Kier molecular flexibility index (Phi) is 3.11. The van der Waals surface area contributed by atoms with Crippen LogP contribution in [0.15, 0.2) is 6.20 Å². The summed E-state index contributed by atoms with van der Waals surface area (Å²) in [5, 5.41) is 11.0. The van der Waals surface area contributed by atoms with Crippen LogP contribution in [0.5, 0.6) is 0 Å². The third-order valence-electron chi connectivity index (χ3n) is 2.71. The highest BCUT2D eigenvalue weighted by molar-refractivity contribution is 5.80. The molecule has 1 aromatic rings. The number of carbonyl (C=O) groups is 1. The highest BCUT2D eigenvalue weighted by Crippen LogP contribution is 2.13. The molecule has 1 aliphatic rings. The second-order valence-electron chi connectivity index (χ2n) is 4.16. The van der Waals surface area contributed by atoms with Gasteiger partial charge in [-0.1, -0.05) is 5.21 Å². The lowest BCUT2D eigenvalue weighted by molar-refractivity contribution is -0.119. The zero-order valence-electron chi connectivity index (χ0n) is 8.94. The predicted octanol–water partition coefficient (Wildman–Crippen LogP) is -0.0737. The van der Waals surface area contributed by atoms with Crippen molar-refractivity contribution in [2.45, 2.75) is 19.3 Å². The van der Waals surface area contributed by atoms with Gasteiger partial charge < -0.3 is 5.32 Å². The molecule has 0 saturated carbocycles. The van der Waals surface area contributed by atoms with E-state index in [1.807, 2.05) is 7.05 Å². The number of rotatable bonds is 4. The smallest absolute Gasteiger partial charge is 0.139 e. The minimum Gasteiger partial charge on any atom is -0.316 e. The van der Waals surface area contributed by atoms with Gasteiger partial charge in [-0.15, -0.1) is 5.10 Å². The maximum absolute atomic E-state index is 11.7. The minimum atomic E-state index is 0.268. The van der Waals surface area contributed by atoms with Crippen LogP contribution in [0.3, 0.4) is 0 Å². The molecule has 0 aliphatic carbocycles. The average Bonchev–Trinajstić information content (AvgIpc) is 2.77. The highest BCUT2D eigenvalue weighted by Gasteiger charge is 2.18. The van der Waals surface area contributed by atoms with Crippen LogP contribution in [0.1, 0.15) is 18.5 Å². The molecule has 1 N–H and O–H groups in total. The van der Waals surface area contributed by atoms with Gasteiger partial charge in [0.1, 0.15) is 5.78 Å². The number of aryl methyl sites for hydroxylation is 1. The van der Waals surface area contributed by atoms with Gasteiger partial charge in [0.15, 0.2) is 0 Å². The van der Waals surface area contributed by atoms with Crippen molar-refractivity contribution in [3.05, 3.63) is 11.9 Å². The predicted molar refractivity (Wildman–Crippen MR) is 55.3 cm³/mol. The molecular formula is C10H16N4O. The Morgan fingerprint density at radius 1 is 1.73 bits per heavy atom. The first-order valence-corrected chi connectivity index (χ1v) is 5.31. The van der Waals surface area contributed by atoms with Crippen LogP contribution < -0.4 is 5.32 Å². The van der Waals surface area contributed by atoms with Gasteiger partial charge in [0.2, 0.25) is 0 Å². The first kappa shape index (κ1) is 10.3. The fourth-order valence-electron chi connectivity index (χ4n) is 1.96. The summed E-state index contributed by atoms with van der Waals surface area (Å²) in [6, 6.07) is 0. The van der Waals surface area contributed by atoms with Gasteiger partial charge >= 0.3 is 0 Å². The minimum absolute atomic E-state index is 0.268. The fourth-order valence-corrected chi connectivity index (χ4v) is 1.96. The molecule has 0 radical (unpaired) electrons. The Hall–Kier alpha value is -1.23. The fraction of sp³-hybridized carbons (Fsp3) is 0.700. The van der Waals surface area contributed by atoms with Crippen LogP contribution in [0.4, 0.5) is 0 Å². The maximum Gasteiger partial charge on any atom is 0.139 e. The summed E-state index contributed by atoms with van der Waals surface area (Å²) < 4.78 is 1.62. The van der Waals surface area contributed by atoms with Crippen molar-refractivity contribution >= 4 is 5.78 Å². The van der Waals surface area contributed by atoms with Crippen molar-refractivity contribution in [2.24, 2.45) is 13.0 Å². The van der Waals surface area contributed by atoms with E-state index >= 15 is 0 Å². The number of hydrogen-bond donors (Lipinski definition) is 1. The molecule has 82 valence electrons. The zero-order chi connectivity index (χ0) is 10.7. The van der Waals surface area contributed by atoms with E-state index in [1.54, 1.807) is 10.9 Å². The largest absolute Gasteiger partial charge is 0.316 e. The molecule has 1 aromatic heterocycles. The van der Waals surface area contributed by atoms with E-state index in [0.29, 0.717) is 18.8 Å². The van der Waals surface area contributed by atoms with Gasteiger partial charge in [-0.05, 0) is 25.4 Å². The number of carbonyl (C=O) groups excluding carboxylic acids is 1. The molecule has 15 heavy (non-hydrogen) atoms. The van der Waals surface area contributed by atoms with Gasteiger partial charge in [0.05, 0.1) is 12.1 Å². The first-order chi connectivity index (χ1) is 7.24. The summed E-state index contributed by atoms with van der Waals surface area (Å²) in [6.45, 7) is 2.02. The summed E-state index contributed by atoms with van der Waals surface area (Å²) in [4.78, 5) is 11.7. The number of nitrogens with one attached hydrogen (secondary N) is 1. The van der Waals surface area contributed by atoms with Gasteiger partial charge in [-0.25, -0.2) is 0 Å². The monoisotopic (exact) mass is 208 g/mol. The van der Waals surface area contributed by atoms with Crippen molar-refractivity contribution in [3.63, 3.8) is 0 Å². The highest BCUT2D eigenvalue weighted by atomic mass is 16.1. The van der Waals surface area contributed by atoms with Crippen molar-refractivity contribution in [1.29, 1.82) is 0 Å². The van der Waals surface area contributed by atoms with Crippen molar-refractivity contribution in [3.8, 4) is 0 Å². The zero-order valence-corrected chi connectivity index (χ0v) is 8.94. The summed E-state index contributed by atoms with van der Waals surface area (Å²) >= 11 is 0. The molecule has 1 unspecified atom stereocenters. The lowest BCUT2D eigenvalue weighted by Gasteiger charge is -2.05. The quantitative estimate of drug-likeness (QED) is 0.752. The van der Waals surface area contributed by atoms with Crippen LogP contribution in [0, 0.1) is 5.92 Å². The molecule has 0 spiro atoms. The molecule has 2 rings (SSSR count). The van der Waals surface area contributed by atoms with E-state index < -0.39 is 0 Å². The Morgan fingerprint density at radius 3 is 3.20 bits per heavy atom. The molecule has 0 bridgehead atoms. The number of hydrogen-bond acceptors (Lipinski definition) is 4. The average molecular weight is 208 g/mol. The molecule has 1 saturated heterocycles. The van der Waals surface area contributed by atoms with E-state index in [0.717, 1.165) is 25.2 Å². The summed E-state index contributed by atoms with van der Waals surface area (Å²) in [6.07, 6.45) is 4.00. The Labute approximate surface area is 88.9 Å². The number of nitrogens with zero attached hydrogens (tertiary/aromatic N) is 3. The van der Waals surface area contributed by atoms with E-state index in [1.165, 1.54) is 0 Å². The summed E-state index contributed by atoms with van der Waals surface area (Å²) in [5.41, 5.74) is 0.772. The molecule has 1 aliphatic heterocycles. The van der Waals surface area contributed by atoms with Crippen LogP contribution in [-0.4, -0.2) is 33.9 Å². The first-order valence-electron chi connectivity index (χ1n) is 5.31. The lowest BCUT2D eigenvalue weighted by Crippen LogP contribution is -2.14. The number of aromatic nitrogens is 3. The Morgan fingerprint density at radius 2 is 2.60 bits per heavy atom. The Balaban J connectivity index is 1.81. The molecule has 2 heterocycles. The second-order valence-corrected chi connectivity index (χ2v) is 4.16. The van der Waals surface area contributed by atoms with Crippen LogP contribution in [0.2, 0.25) is 0 Å². The third-order valence-corrected chi connectivity index (χ3v) is 2.71. The van der Waals surface area contributed by atoms with Crippen LogP contribution >= 0.6 is 0 Å². The molecule has 5 heteroatoms. The van der Waals surface area contributed by atoms with E-state index in [4.69, 9.17) is 0 Å². The van der Waals surface area contributed by atoms with E-state index in [-0.39, 0.29) is 5.78 Å². The maximum atomic E-state index is 11.7. The topological polar surface area (TPSA) is 59.8 Å². The standard InChI is InChI=1S/C10H16N4O/c1-14-7-9(12-13-14)5-10(15)4-8-2-3-11-6-8/h7-8,11H,2-6H2,1H3. The van der Waals surface area contributed by atoms with E-state index in [9.17, 15) is 4.79 Å². The van der Waals surface area contributed by atoms with E-state index in [2.05, 4.69) is 15.6 Å². The number of Topliss-reactive ketones (excluding diaryl/α,β-unsaturated/α-hetero) is 1. The second kappa shape index (κ2) is 4.53. The molecule has 0 amide bonds. The van der Waals surface area contributed by atoms with Gasteiger partial charge in [-0.2, -0.15) is 0 Å². The van der Waals surface area contributed by atoms with Crippen molar-refractivity contribution in [2.75, 3.05) is 13.1 Å². The van der Waals surface area contributed by atoms with Crippen molar-refractivity contribution in [1.82, 2.24) is 20.3 Å². The molecule has 0 aromatic carbocycles. The van der Waals surface area contributed by atoms with Crippen LogP contribution in [-0.2, 0) is 18.3 Å². The van der Waals surface area contributed by atoms with Gasteiger partial charge in [-0.3, -0.25) is 9.48 Å². The molecule has 1 fully saturated rings. The molecular weight excluding hydrogens is 192 g/mol. The third kappa shape index (κ3) is 2.86. The molecule has 1 atom stereocenters. The normalized spacial score (nSPS) is 20.7. The number of ketones is 1. The van der Waals surface area contributed by atoms with Crippen LogP contribution in [0.25, 0.3) is 0 Å². The molecule has 5 nitrogen and oxygen atoms in total. The van der Waals surface area contributed by atoms with Gasteiger partial charge in [0, 0.05) is 19.7 Å². The van der Waals surface area contributed by atoms with Gasteiger partial charge in [0.25, 0.3) is 0 Å². The Bertz CT molecular complexity index is 341.